The van der Waals surface area contributed by atoms with Crippen LogP contribution in [0.1, 0.15) is 19.8 Å². The van der Waals surface area contributed by atoms with Gasteiger partial charge < -0.3 is 9.72 Å². The van der Waals surface area contributed by atoms with Crippen LogP contribution in [0, 0.1) is 0 Å². The Morgan fingerprint density at radius 3 is 2.81 bits per heavy atom. The number of nitrogens with zero attached hydrogens (tertiary/aromatic N) is 2. The Bertz CT molecular complexity index is 787. The Kier molecular flexibility index (Phi) is 3.73. The van der Waals surface area contributed by atoms with E-state index in [1.807, 2.05) is 24.3 Å². The lowest BCUT2D eigenvalue weighted by Crippen LogP contribution is -2.07. The van der Waals surface area contributed by atoms with E-state index in [2.05, 4.69) is 17.0 Å². The Morgan fingerprint density at radius 2 is 2.10 bits per heavy atom. The molecule has 2 aromatic heterocycles. The van der Waals surface area contributed by atoms with E-state index in [0.717, 1.165) is 36.5 Å². The molecule has 5 heteroatoms. The number of hydrogen-bond donors (Lipinski definition) is 1. The largest absolute Gasteiger partial charge is 0.494 e. The molecule has 1 N–H and O–H groups in total. The summed E-state index contributed by atoms with van der Waals surface area (Å²) in [6.07, 6.45) is 5.48. The van der Waals surface area contributed by atoms with Gasteiger partial charge in [0.1, 0.15) is 11.3 Å². The number of H-pyrrole nitrogens is 1. The third-order valence-electron chi connectivity index (χ3n) is 3.32. The van der Waals surface area contributed by atoms with Gasteiger partial charge in [-0.25, -0.2) is 4.52 Å². The molecule has 0 atom stereocenters. The van der Waals surface area contributed by atoms with Crippen LogP contribution in [0.2, 0.25) is 0 Å². The fourth-order valence-corrected chi connectivity index (χ4v) is 2.13. The lowest BCUT2D eigenvalue weighted by Gasteiger charge is -2.05. The number of ether oxygens (including phenoxy) is 1. The van der Waals surface area contributed by atoms with Crippen molar-refractivity contribution in [1.82, 2.24) is 14.6 Å². The zero-order valence-corrected chi connectivity index (χ0v) is 11.9. The summed E-state index contributed by atoms with van der Waals surface area (Å²) in [4.78, 5) is 14.3. The minimum Gasteiger partial charge on any atom is -0.494 e. The summed E-state index contributed by atoms with van der Waals surface area (Å²) in [5.41, 5.74) is 2.12. The van der Waals surface area contributed by atoms with Gasteiger partial charge in [-0.1, -0.05) is 13.3 Å². The molecule has 0 aliphatic heterocycles. The van der Waals surface area contributed by atoms with Gasteiger partial charge >= 0.3 is 0 Å². The number of unbranched alkanes of at least 4 members (excludes halogenated alkanes) is 1. The Morgan fingerprint density at radius 1 is 1.29 bits per heavy atom. The summed E-state index contributed by atoms with van der Waals surface area (Å²) in [7, 11) is 0. The maximum atomic E-state index is 11.7. The van der Waals surface area contributed by atoms with Crippen molar-refractivity contribution in [1.29, 1.82) is 0 Å². The summed E-state index contributed by atoms with van der Waals surface area (Å²) >= 11 is 0. The fraction of sp³-hybridized carbons (Fsp3) is 0.250. The van der Waals surface area contributed by atoms with Crippen molar-refractivity contribution in [3.8, 4) is 17.0 Å². The average Bonchev–Trinajstić information content (AvgIpc) is 2.94. The molecular formula is C16H17N3O2. The predicted molar refractivity (Wildman–Crippen MR) is 81.7 cm³/mol. The van der Waals surface area contributed by atoms with Gasteiger partial charge in [0.25, 0.3) is 5.56 Å². The quantitative estimate of drug-likeness (QED) is 0.732. The van der Waals surface area contributed by atoms with Gasteiger partial charge in [0.2, 0.25) is 0 Å². The van der Waals surface area contributed by atoms with Crippen LogP contribution >= 0.6 is 0 Å². The number of aromatic nitrogens is 3. The van der Waals surface area contributed by atoms with E-state index in [1.54, 1.807) is 23.0 Å². The van der Waals surface area contributed by atoms with Crippen LogP contribution in [0.3, 0.4) is 0 Å². The van der Waals surface area contributed by atoms with Crippen molar-refractivity contribution in [2.24, 2.45) is 0 Å². The lowest BCUT2D eigenvalue weighted by atomic mass is 10.1. The molecule has 1 aromatic carbocycles. The predicted octanol–water partition coefficient (Wildman–Crippen LogP) is 2.87. The van der Waals surface area contributed by atoms with Gasteiger partial charge in [-0.2, -0.15) is 5.10 Å². The molecule has 0 aliphatic rings. The highest BCUT2D eigenvalue weighted by atomic mass is 16.5. The monoisotopic (exact) mass is 283 g/mol. The summed E-state index contributed by atoms with van der Waals surface area (Å²) in [5.74, 6) is 0.855. The lowest BCUT2D eigenvalue weighted by molar-refractivity contribution is 0.309. The first-order valence-corrected chi connectivity index (χ1v) is 7.08. The Hall–Kier alpha value is -2.56. The van der Waals surface area contributed by atoms with Crippen molar-refractivity contribution >= 4 is 5.52 Å². The SMILES string of the molecule is CCCCOc1ccc(-c2cc3c(=O)[nH]ccn3n2)cc1. The van der Waals surface area contributed by atoms with E-state index in [1.165, 1.54) is 0 Å². The first kappa shape index (κ1) is 13.4. The molecule has 2 heterocycles. The second-order valence-corrected chi connectivity index (χ2v) is 4.87. The molecule has 3 rings (SSSR count). The molecule has 0 saturated carbocycles. The third kappa shape index (κ3) is 2.81. The Balaban J connectivity index is 1.85. The van der Waals surface area contributed by atoms with E-state index in [9.17, 15) is 4.79 Å². The van der Waals surface area contributed by atoms with Crippen molar-refractivity contribution < 1.29 is 4.74 Å². The van der Waals surface area contributed by atoms with Crippen LogP contribution in [-0.4, -0.2) is 21.2 Å². The number of hydrogen-bond acceptors (Lipinski definition) is 3. The molecule has 0 amide bonds. The molecule has 5 nitrogen and oxygen atoms in total. The second-order valence-electron chi connectivity index (χ2n) is 4.87. The van der Waals surface area contributed by atoms with Gasteiger partial charge in [0.15, 0.2) is 0 Å². The van der Waals surface area contributed by atoms with Gasteiger partial charge in [-0.15, -0.1) is 0 Å². The number of rotatable bonds is 5. The molecule has 0 radical (unpaired) electrons. The van der Waals surface area contributed by atoms with Gasteiger partial charge in [-0.05, 0) is 36.8 Å². The zero-order chi connectivity index (χ0) is 14.7. The molecular weight excluding hydrogens is 266 g/mol. The molecule has 0 saturated heterocycles. The highest BCUT2D eigenvalue weighted by Crippen LogP contribution is 2.21. The molecule has 21 heavy (non-hydrogen) atoms. The van der Waals surface area contributed by atoms with Crippen LogP contribution in [0.15, 0.2) is 47.5 Å². The van der Waals surface area contributed by atoms with E-state index in [4.69, 9.17) is 4.74 Å². The summed E-state index contributed by atoms with van der Waals surface area (Å²) < 4.78 is 7.22. The van der Waals surface area contributed by atoms with E-state index in [-0.39, 0.29) is 5.56 Å². The highest BCUT2D eigenvalue weighted by Gasteiger charge is 2.06. The van der Waals surface area contributed by atoms with E-state index in [0.29, 0.717) is 5.52 Å². The van der Waals surface area contributed by atoms with Crippen LogP contribution < -0.4 is 10.3 Å². The normalized spacial score (nSPS) is 10.9. The van der Waals surface area contributed by atoms with Gasteiger partial charge in [0.05, 0.1) is 12.3 Å². The molecule has 0 fully saturated rings. The first-order chi connectivity index (χ1) is 10.3. The molecule has 0 spiro atoms. The summed E-state index contributed by atoms with van der Waals surface area (Å²) in [5, 5.41) is 4.40. The number of nitrogens with one attached hydrogen (secondary N) is 1. The average molecular weight is 283 g/mol. The number of fused-ring (bicyclic) bond motifs is 1. The molecule has 108 valence electrons. The van der Waals surface area contributed by atoms with Crippen LogP contribution in [0.4, 0.5) is 0 Å². The molecule has 3 aromatic rings. The molecule has 0 unspecified atom stereocenters. The van der Waals surface area contributed by atoms with E-state index >= 15 is 0 Å². The minimum atomic E-state index is -0.143. The highest BCUT2D eigenvalue weighted by molar-refractivity contribution is 5.65. The Labute approximate surface area is 122 Å². The van der Waals surface area contributed by atoms with Crippen molar-refractivity contribution in [2.45, 2.75) is 19.8 Å². The van der Waals surface area contributed by atoms with Crippen molar-refractivity contribution in [2.75, 3.05) is 6.61 Å². The van der Waals surface area contributed by atoms with E-state index < -0.39 is 0 Å². The fourth-order valence-electron chi connectivity index (χ4n) is 2.13. The minimum absolute atomic E-state index is 0.143. The van der Waals surface area contributed by atoms with Crippen LogP contribution in [0.5, 0.6) is 5.75 Å². The number of aromatic amines is 1. The molecule has 0 bridgehead atoms. The van der Waals surface area contributed by atoms with Crippen LogP contribution in [-0.2, 0) is 0 Å². The molecule has 0 aliphatic carbocycles. The summed E-state index contributed by atoms with van der Waals surface area (Å²) in [6, 6.07) is 9.55. The third-order valence-corrected chi connectivity index (χ3v) is 3.32. The smallest absolute Gasteiger partial charge is 0.273 e. The number of benzene rings is 1. The maximum absolute atomic E-state index is 11.7. The second kappa shape index (κ2) is 5.83. The van der Waals surface area contributed by atoms with Gasteiger partial charge in [0, 0.05) is 18.0 Å². The maximum Gasteiger partial charge on any atom is 0.273 e. The topological polar surface area (TPSA) is 59.4 Å². The summed E-state index contributed by atoms with van der Waals surface area (Å²) in [6.45, 7) is 2.87. The van der Waals surface area contributed by atoms with Gasteiger partial charge in [-0.3, -0.25) is 4.79 Å². The van der Waals surface area contributed by atoms with Crippen molar-refractivity contribution in [3.63, 3.8) is 0 Å². The first-order valence-electron chi connectivity index (χ1n) is 7.08. The zero-order valence-electron chi connectivity index (χ0n) is 11.9. The van der Waals surface area contributed by atoms with Crippen LogP contribution in [0.25, 0.3) is 16.8 Å². The standard InChI is InChI=1S/C16H17N3O2/c1-2-3-10-21-13-6-4-12(5-7-13)14-11-15-16(20)17-8-9-19(15)18-14/h4-9,11H,2-3,10H2,1H3,(H,17,20). The van der Waals surface area contributed by atoms with Crippen molar-refractivity contribution in [3.05, 3.63) is 53.1 Å².